The monoisotopic (exact) mass is 259 g/mol. The molecular formula is C13H16F3NO. The van der Waals surface area contributed by atoms with E-state index < -0.39 is 12.2 Å². The van der Waals surface area contributed by atoms with Gasteiger partial charge in [-0.1, -0.05) is 30.3 Å². The molecule has 1 aromatic carbocycles. The lowest BCUT2D eigenvalue weighted by Gasteiger charge is -2.38. The predicted octanol–water partition coefficient (Wildman–Crippen LogP) is 3.06. The lowest BCUT2D eigenvalue weighted by molar-refractivity contribution is -0.163. The molecule has 0 aromatic heterocycles. The fourth-order valence-electron chi connectivity index (χ4n) is 2.16. The Morgan fingerprint density at radius 3 is 2.33 bits per heavy atom. The van der Waals surface area contributed by atoms with Gasteiger partial charge in [-0.05, 0) is 18.4 Å². The van der Waals surface area contributed by atoms with Gasteiger partial charge in [0.1, 0.15) is 6.04 Å². The van der Waals surface area contributed by atoms with Crippen LogP contribution >= 0.6 is 0 Å². The summed E-state index contributed by atoms with van der Waals surface area (Å²) in [5.41, 5.74) is 0.255. The molecule has 0 amide bonds. The number of hydrogen-bond donors (Lipinski definition) is 1. The molecular weight excluding hydrogens is 243 g/mol. The van der Waals surface area contributed by atoms with Gasteiger partial charge in [0.05, 0.1) is 6.10 Å². The predicted molar refractivity (Wildman–Crippen MR) is 62.2 cm³/mol. The van der Waals surface area contributed by atoms with Gasteiger partial charge in [0.15, 0.2) is 0 Å². The second-order valence-electron chi connectivity index (χ2n) is 4.58. The van der Waals surface area contributed by atoms with E-state index in [4.69, 9.17) is 4.74 Å². The highest BCUT2D eigenvalue weighted by Gasteiger charge is 2.43. The van der Waals surface area contributed by atoms with E-state index in [1.165, 1.54) is 12.1 Å². The van der Waals surface area contributed by atoms with Crippen molar-refractivity contribution in [3.8, 4) is 0 Å². The van der Waals surface area contributed by atoms with Gasteiger partial charge in [0.2, 0.25) is 0 Å². The first kappa shape index (κ1) is 13.4. The van der Waals surface area contributed by atoms with Gasteiger partial charge in [-0.2, -0.15) is 13.2 Å². The molecule has 1 fully saturated rings. The van der Waals surface area contributed by atoms with Crippen molar-refractivity contribution in [2.45, 2.75) is 37.2 Å². The lowest BCUT2D eigenvalue weighted by atomic mass is 9.88. The van der Waals surface area contributed by atoms with Crippen molar-refractivity contribution < 1.29 is 17.9 Å². The van der Waals surface area contributed by atoms with Crippen LogP contribution in [0.4, 0.5) is 13.2 Å². The third kappa shape index (κ3) is 3.03. The fraction of sp³-hybridized carbons (Fsp3) is 0.538. The summed E-state index contributed by atoms with van der Waals surface area (Å²) in [4.78, 5) is 0. The summed E-state index contributed by atoms with van der Waals surface area (Å²) in [6, 6.07) is 6.22. The Morgan fingerprint density at radius 2 is 1.83 bits per heavy atom. The van der Waals surface area contributed by atoms with E-state index in [0.717, 1.165) is 0 Å². The molecule has 100 valence electrons. The van der Waals surface area contributed by atoms with Crippen molar-refractivity contribution >= 4 is 0 Å². The van der Waals surface area contributed by atoms with Gasteiger partial charge in [0, 0.05) is 13.2 Å². The molecule has 0 radical (unpaired) electrons. The second-order valence-corrected chi connectivity index (χ2v) is 4.58. The number of ether oxygens (including phenoxy) is 1. The summed E-state index contributed by atoms with van der Waals surface area (Å²) < 4.78 is 44.1. The number of hydrogen-bond acceptors (Lipinski definition) is 2. The summed E-state index contributed by atoms with van der Waals surface area (Å²) in [5, 5.41) is 2.67. The number of nitrogens with one attached hydrogen (secondary N) is 1. The largest absolute Gasteiger partial charge is 0.407 e. The Kier molecular flexibility index (Phi) is 3.92. The van der Waals surface area contributed by atoms with Gasteiger partial charge in [0.25, 0.3) is 0 Å². The van der Waals surface area contributed by atoms with Crippen LogP contribution in [-0.2, 0) is 4.74 Å². The van der Waals surface area contributed by atoms with Gasteiger partial charge in [-0.3, -0.25) is 5.32 Å². The average Bonchev–Trinajstić information content (AvgIpc) is 2.27. The molecule has 0 aliphatic heterocycles. The Morgan fingerprint density at radius 1 is 1.22 bits per heavy atom. The molecule has 0 saturated heterocycles. The summed E-state index contributed by atoms with van der Waals surface area (Å²) in [5.74, 6) is 0. The molecule has 1 aromatic rings. The first-order chi connectivity index (χ1) is 8.50. The van der Waals surface area contributed by atoms with E-state index >= 15 is 0 Å². The van der Waals surface area contributed by atoms with Crippen molar-refractivity contribution in [1.82, 2.24) is 5.32 Å². The first-order valence-electron chi connectivity index (χ1n) is 5.91. The summed E-state index contributed by atoms with van der Waals surface area (Å²) in [6.07, 6.45) is -2.92. The second kappa shape index (κ2) is 5.28. The summed E-state index contributed by atoms with van der Waals surface area (Å²) >= 11 is 0. The maximum absolute atomic E-state index is 13.0. The Balaban J connectivity index is 2.04. The standard InChI is InChI=1S/C13H16F3NO/c1-18-11-7-10(8-11)17-12(13(14,15)16)9-5-3-2-4-6-9/h2-6,10-12,17H,7-8H2,1H3. The minimum atomic E-state index is -4.28. The van der Waals surface area contributed by atoms with Crippen molar-refractivity contribution in [3.05, 3.63) is 35.9 Å². The first-order valence-corrected chi connectivity index (χ1v) is 5.91. The van der Waals surface area contributed by atoms with E-state index in [-0.39, 0.29) is 17.7 Å². The fourth-order valence-corrected chi connectivity index (χ4v) is 2.16. The highest BCUT2D eigenvalue weighted by molar-refractivity contribution is 5.20. The van der Waals surface area contributed by atoms with Crippen molar-refractivity contribution in [2.75, 3.05) is 7.11 Å². The normalized spacial score (nSPS) is 25.6. The van der Waals surface area contributed by atoms with Crippen LogP contribution in [0.15, 0.2) is 30.3 Å². The minimum absolute atomic E-state index is 0.0900. The maximum Gasteiger partial charge on any atom is 0.407 e. The molecule has 1 unspecified atom stereocenters. The zero-order valence-electron chi connectivity index (χ0n) is 10.1. The van der Waals surface area contributed by atoms with Crippen molar-refractivity contribution in [1.29, 1.82) is 0 Å². The summed E-state index contributed by atoms with van der Waals surface area (Å²) in [6.45, 7) is 0. The Labute approximate surface area is 104 Å². The Hall–Kier alpha value is -1.07. The molecule has 5 heteroatoms. The number of methoxy groups -OCH3 is 1. The van der Waals surface area contributed by atoms with Crippen molar-refractivity contribution in [2.24, 2.45) is 0 Å². The third-order valence-corrected chi connectivity index (χ3v) is 3.29. The molecule has 2 rings (SSSR count). The van der Waals surface area contributed by atoms with E-state index in [1.807, 2.05) is 0 Å². The molecule has 1 aliphatic carbocycles. The van der Waals surface area contributed by atoms with Crippen molar-refractivity contribution in [3.63, 3.8) is 0 Å². The summed E-state index contributed by atoms with van der Waals surface area (Å²) in [7, 11) is 1.58. The van der Waals surface area contributed by atoms with Crippen LogP contribution in [0.25, 0.3) is 0 Å². The van der Waals surface area contributed by atoms with Gasteiger partial charge < -0.3 is 4.74 Å². The van der Waals surface area contributed by atoms with Gasteiger partial charge in [-0.25, -0.2) is 0 Å². The van der Waals surface area contributed by atoms with Gasteiger partial charge in [-0.15, -0.1) is 0 Å². The average molecular weight is 259 g/mol. The molecule has 1 atom stereocenters. The van der Waals surface area contributed by atoms with Crippen LogP contribution in [0, 0.1) is 0 Å². The van der Waals surface area contributed by atoms with E-state index in [2.05, 4.69) is 5.32 Å². The number of benzene rings is 1. The van der Waals surface area contributed by atoms with E-state index in [1.54, 1.807) is 25.3 Å². The topological polar surface area (TPSA) is 21.3 Å². The molecule has 0 heterocycles. The van der Waals surface area contributed by atoms with E-state index in [9.17, 15) is 13.2 Å². The quantitative estimate of drug-likeness (QED) is 0.897. The number of alkyl halides is 3. The zero-order valence-corrected chi connectivity index (χ0v) is 10.1. The minimum Gasteiger partial charge on any atom is -0.381 e. The van der Waals surface area contributed by atoms with Crippen LogP contribution in [0.5, 0.6) is 0 Å². The third-order valence-electron chi connectivity index (χ3n) is 3.29. The van der Waals surface area contributed by atoms with Crippen LogP contribution in [-0.4, -0.2) is 25.4 Å². The molecule has 18 heavy (non-hydrogen) atoms. The lowest BCUT2D eigenvalue weighted by Crippen LogP contribution is -2.49. The van der Waals surface area contributed by atoms with Gasteiger partial charge >= 0.3 is 6.18 Å². The van der Waals surface area contributed by atoms with Crippen LogP contribution in [0.1, 0.15) is 24.4 Å². The Bertz CT molecular complexity index is 374. The molecule has 0 spiro atoms. The molecule has 2 nitrogen and oxygen atoms in total. The molecule has 1 aliphatic rings. The molecule has 1 N–H and O–H groups in total. The zero-order chi connectivity index (χ0) is 13.2. The van der Waals surface area contributed by atoms with Crippen LogP contribution in [0.2, 0.25) is 0 Å². The molecule has 0 bridgehead atoms. The SMILES string of the molecule is COC1CC(NC(c2ccccc2)C(F)(F)F)C1. The van der Waals surface area contributed by atoms with E-state index in [0.29, 0.717) is 12.8 Å². The maximum atomic E-state index is 13.0. The number of halogens is 3. The highest BCUT2D eigenvalue weighted by Crippen LogP contribution is 2.35. The number of rotatable bonds is 4. The smallest absolute Gasteiger partial charge is 0.381 e. The highest BCUT2D eigenvalue weighted by atomic mass is 19.4. The molecule has 1 saturated carbocycles. The van der Waals surface area contributed by atoms with Crippen LogP contribution < -0.4 is 5.32 Å². The van der Waals surface area contributed by atoms with Crippen LogP contribution in [0.3, 0.4) is 0 Å².